The monoisotopic (exact) mass is 238 g/mol. The summed E-state index contributed by atoms with van der Waals surface area (Å²) < 4.78 is 0. The van der Waals surface area contributed by atoms with Crippen LogP contribution in [-0.2, 0) is 4.79 Å². The molecule has 2 aliphatic rings. The Morgan fingerprint density at radius 3 is 2.41 bits per heavy atom. The lowest BCUT2D eigenvalue weighted by Gasteiger charge is -2.32. The standard InChI is InChI=1S/C14H26N2O/c1-5-14(4)12(17)16(11(2)15-14)10-13(3)8-6-7-9-13/h11,15H,5-10H2,1-4H3. The molecule has 2 fully saturated rings. The molecule has 2 unspecified atom stereocenters. The van der Waals surface area contributed by atoms with Gasteiger partial charge in [-0.1, -0.05) is 26.7 Å². The van der Waals surface area contributed by atoms with Gasteiger partial charge in [0.25, 0.3) is 0 Å². The summed E-state index contributed by atoms with van der Waals surface area (Å²) in [5, 5.41) is 3.45. The van der Waals surface area contributed by atoms with E-state index < -0.39 is 0 Å². The smallest absolute Gasteiger partial charge is 0.243 e. The van der Waals surface area contributed by atoms with Gasteiger partial charge in [0.2, 0.25) is 5.91 Å². The lowest BCUT2D eigenvalue weighted by Crippen LogP contribution is -2.44. The largest absolute Gasteiger partial charge is 0.325 e. The Hall–Kier alpha value is -0.570. The van der Waals surface area contributed by atoms with Crippen molar-refractivity contribution in [2.45, 2.75) is 71.5 Å². The summed E-state index contributed by atoms with van der Waals surface area (Å²) in [6, 6.07) is 0. The third-order valence-corrected chi connectivity index (χ3v) is 4.80. The maximum Gasteiger partial charge on any atom is 0.243 e. The summed E-state index contributed by atoms with van der Waals surface area (Å²) >= 11 is 0. The van der Waals surface area contributed by atoms with Crippen molar-refractivity contribution in [3.8, 4) is 0 Å². The summed E-state index contributed by atoms with van der Waals surface area (Å²) in [7, 11) is 0. The zero-order chi connectivity index (χ0) is 12.7. The highest BCUT2D eigenvalue weighted by atomic mass is 16.2. The first-order valence-corrected chi connectivity index (χ1v) is 6.99. The average molecular weight is 238 g/mol. The van der Waals surface area contributed by atoms with Gasteiger partial charge in [0, 0.05) is 6.54 Å². The molecule has 0 aromatic heterocycles. The lowest BCUT2D eigenvalue weighted by atomic mass is 9.88. The zero-order valence-electron chi connectivity index (χ0n) is 11.7. The fourth-order valence-electron chi connectivity index (χ4n) is 3.35. The van der Waals surface area contributed by atoms with E-state index in [0.29, 0.717) is 11.3 Å². The van der Waals surface area contributed by atoms with Crippen LogP contribution in [0.5, 0.6) is 0 Å². The Morgan fingerprint density at radius 1 is 1.35 bits per heavy atom. The first-order chi connectivity index (χ1) is 7.90. The van der Waals surface area contributed by atoms with Crippen LogP contribution in [0.2, 0.25) is 0 Å². The highest BCUT2D eigenvalue weighted by Gasteiger charge is 2.47. The van der Waals surface area contributed by atoms with E-state index in [2.05, 4.69) is 31.0 Å². The number of hydrogen-bond acceptors (Lipinski definition) is 2. The van der Waals surface area contributed by atoms with Crippen LogP contribution in [0, 0.1) is 5.41 Å². The topological polar surface area (TPSA) is 32.3 Å². The second kappa shape index (κ2) is 4.27. The van der Waals surface area contributed by atoms with Crippen LogP contribution in [0.25, 0.3) is 0 Å². The molecule has 3 heteroatoms. The van der Waals surface area contributed by atoms with E-state index in [0.717, 1.165) is 13.0 Å². The molecule has 3 nitrogen and oxygen atoms in total. The van der Waals surface area contributed by atoms with Gasteiger partial charge in [-0.15, -0.1) is 0 Å². The molecule has 0 aromatic carbocycles. The zero-order valence-corrected chi connectivity index (χ0v) is 11.7. The fraction of sp³-hybridized carbons (Fsp3) is 0.929. The molecule has 2 atom stereocenters. The van der Waals surface area contributed by atoms with E-state index in [4.69, 9.17) is 0 Å². The molecule has 1 aliphatic carbocycles. The van der Waals surface area contributed by atoms with Gasteiger partial charge >= 0.3 is 0 Å². The van der Waals surface area contributed by atoms with Crippen molar-refractivity contribution in [1.82, 2.24) is 10.2 Å². The van der Waals surface area contributed by atoms with E-state index >= 15 is 0 Å². The molecular weight excluding hydrogens is 212 g/mol. The second-order valence-electron chi connectivity index (χ2n) is 6.46. The molecule has 2 rings (SSSR count). The molecule has 1 aliphatic heterocycles. The van der Waals surface area contributed by atoms with Gasteiger partial charge in [-0.3, -0.25) is 10.1 Å². The molecule has 0 aromatic rings. The molecule has 0 bridgehead atoms. The lowest BCUT2D eigenvalue weighted by molar-refractivity contribution is -0.134. The van der Waals surface area contributed by atoms with Crippen LogP contribution >= 0.6 is 0 Å². The molecule has 0 radical (unpaired) electrons. The number of carbonyl (C=O) groups is 1. The van der Waals surface area contributed by atoms with E-state index in [9.17, 15) is 4.79 Å². The van der Waals surface area contributed by atoms with Crippen LogP contribution in [0.15, 0.2) is 0 Å². The van der Waals surface area contributed by atoms with Gasteiger partial charge in [0.15, 0.2) is 0 Å². The molecule has 98 valence electrons. The summed E-state index contributed by atoms with van der Waals surface area (Å²) in [6.45, 7) is 9.48. The van der Waals surface area contributed by atoms with Crippen LogP contribution in [-0.4, -0.2) is 29.1 Å². The maximum atomic E-state index is 12.5. The minimum Gasteiger partial charge on any atom is -0.325 e. The van der Waals surface area contributed by atoms with Crippen LogP contribution in [0.3, 0.4) is 0 Å². The van der Waals surface area contributed by atoms with E-state index in [-0.39, 0.29) is 11.7 Å². The Morgan fingerprint density at radius 2 is 1.94 bits per heavy atom. The summed E-state index contributed by atoms with van der Waals surface area (Å²) in [5.41, 5.74) is 0.0129. The predicted molar refractivity (Wildman–Crippen MR) is 69.6 cm³/mol. The third kappa shape index (κ3) is 2.22. The van der Waals surface area contributed by atoms with Gasteiger partial charge < -0.3 is 4.90 Å². The molecule has 17 heavy (non-hydrogen) atoms. The van der Waals surface area contributed by atoms with Gasteiger partial charge in [-0.05, 0) is 38.5 Å². The Labute approximate surface area is 105 Å². The van der Waals surface area contributed by atoms with Crippen molar-refractivity contribution in [1.29, 1.82) is 0 Å². The Balaban J connectivity index is 2.09. The minimum atomic E-state index is -0.339. The number of amides is 1. The number of carbonyl (C=O) groups excluding carboxylic acids is 1. The van der Waals surface area contributed by atoms with Gasteiger partial charge in [0.05, 0.1) is 11.7 Å². The van der Waals surface area contributed by atoms with Crippen LogP contribution in [0.1, 0.15) is 59.8 Å². The molecule has 0 spiro atoms. The molecular formula is C14H26N2O. The second-order valence-corrected chi connectivity index (χ2v) is 6.46. The van der Waals surface area contributed by atoms with Crippen LogP contribution in [0.4, 0.5) is 0 Å². The van der Waals surface area contributed by atoms with Crippen LogP contribution < -0.4 is 5.32 Å². The van der Waals surface area contributed by atoms with Gasteiger partial charge in [-0.2, -0.15) is 0 Å². The first-order valence-electron chi connectivity index (χ1n) is 6.99. The van der Waals surface area contributed by atoms with Crippen molar-refractivity contribution >= 4 is 5.91 Å². The molecule has 1 N–H and O–H groups in total. The number of nitrogens with one attached hydrogen (secondary N) is 1. The van der Waals surface area contributed by atoms with Crippen molar-refractivity contribution in [3.05, 3.63) is 0 Å². The fourth-order valence-corrected chi connectivity index (χ4v) is 3.35. The summed E-state index contributed by atoms with van der Waals surface area (Å²) in [5.74, 6) is 0.292. The normalized spacial score (nSPS) is 36.8. The van der Waals surface area contributed by atoms with E-state index in [1.165, 1.54) is 25.7 Å². The average Bonchev–Trinajstić information content (AvgIpc) is 2.79. The summed E-state index contributed by atoms with van der Waals surface area (Å²) in [6.07, 6.45) is 6.24. The highest BCUT2D eigenvalue weighted by molar-refractivity contribution is 5.88. The first kappa shape index (κ1) is 12.9. The van der Waals surface area contributed by atoms with Crippen molar-refractivity contribution in [3.63, 3.8) is 0 Å². The van der Waals surface area contributed by atoms with E-state index in [1.54, 1.807) is 0 Å². The molecule has 1 amide bonds. The molecule has 1 heterocycles. The minimum absolute atomic E-state index is 0.185. The highest BCUT2D eigenvalue weighted by Crippen LogP contribution is 2.39. The predicted octanol–water partition coefficient (Wildman–Crippen LogP) is 2.51. The van der Waals surface area contributed by atoms with Crippen molar-refractivity contribution in [2.24, 2.45) is 5.41 Å². The van der Waals surface area contributed by atoms with Crippen molar-refractivity contribution < 1.29 is 4.79 Å². The van der Waals surface area contributed by atoms with Gasteiger partial charge in [-0.25, -0.2) is 0 Å². The number of hydrogen-bond donors (Lipinski definition) is 1. The number of rotatable bonds is 3. The Kier molecular flexibility index (Phi) is 3.23. The SMILES string of the molecule is CCC1(C)NC(C)N(CC2(C)CCCC2)C1=O. The summed E-state index contributed by atoms with van der Waals surface area (Å²) in [4.78, 5) is 14.5. The van der Waals surface area contributed by atoms with Gasteiger partial charge in [0.1, 0.15) is 0 Å². The molecule has 1 saturated carbocycles. The quantitative estimate of drug-likeness (QED) is 0.819. The van der Waals surface area contributed by atoms with E-state index in [1.807, 2.05) is 6.92 Å². The van der Waals surface area contributed by atoms with Crippen molar-refractivity contribution in [2.75, 3.05) is 6.54 Å². The Bertz CT molecular complexity index is 309. The maximum absolute atomic E-state index is 12.5. The molecule has 1 saturated heterocycles. The third-order valence-electron chi connectivity index (χ3n) is 4.80. The number of nitrogens with zero attached hydrogens (tertiary/aromatic N) is 1.